The van der Waals surface area contributed by atoms with Crippen molar-refractivity contribution in [3.63, 3.8) is 0 Å². The second kappa shape index (κ2) is 6.76. The quantitative estimate of drug-likeness (QED) is 0.867. The third kappa shape index (κ3) is 3.21. The molecule has 7 heteroatoms. The number of nitrogens with zero attached hydrogens (tertiary/aromatic N) is 3. The van der Waals surface area contributed by atoms with Crippen molar-refractivity contribution >= 4 is 5.91 Å². The van der Waals surface area contributed by atoms with Gasteiger partial charge in [0.05, 0.1) is 6.10 Å². The van der Waals surface area contributed by atoms with Crippen LogP contribution in [0.4, 0.5) is 0 Å². The molecule has 3 rings (SSSR count). The van der Waals surface area contributed by atoms with Gasteiger partial charge in [0, 0.05) is 31.8 Å². The van der Waals surface area contributed by atoms with Crippen LogP contribution in [-0.2, 0) is 13.5 Å². The highest BCUT2D eigenvalue weighted by atomic mass is 16.4. The fourth-order valence-corrected chi connectivity index (χ4v) is 3.49. The van der Waals surface area contributed by atoms with Crippen molar-refractivity contribution in [1.82, 2.24) is 20.1 Å². The van der Waals surface area contributed by atoms with Gasteiger partial charge in [-0.15, -0.1) is 10.2 Å². The van der Waals surface area contributed by atoms with Gasteiger partial charge in [-0.3, -0.25) is 4.79 Å². The van der Waals surface area contributed by atoms with Crippen molar-refractivity contribution < 1.29 is 14.3 Å². The van der Waals surface area contributed by atoms with Crippen LogP contribution in [0, 0.1) is 12.8 Å². The molecule has 1 amide bonds. The van der Waals surface area contributed by atoms with Crippen LogP contribution in [0.15, 0.2) is 16.8 Å². The largest absolute Gasteiger partial charge is 0.456 e. The molecule has 0 unspecified atom stereocenters. The van der Waals surface area contributed by atoms with E-state index < -0.39 is 6.10 Å². The maximum atomic E-state index is 12.2. The zero-order valence-corrected chi connectivity index (χ0v) is 14.3. The fraction of sp³-hybridized carbons (Fsp3) is 0.588. The highest BCUT2D eigenvalue weighted by Crippen LogP contribution is 2.37. The molecule has 1 aliphatic rings. The predicted molar refractivity (Wildman–Crippen MR) is 87.6 cm³/mol. The monoisotopic (exact) mass is 332 g/mol. The average molecular weight is 332 g/mol. The Morgan fingerprint density at radius 2 is 2.29 bits per heavy atom. The minimum atomic E-state index is -0.448. The number of rotatable bonds is 5. The first-order chi connectivity index (χ1) is 11.5. The van der Waals surface area contributed by atoms with Crippen LogP contribution in [-0.4, -0.2) is 38.4 Å². The van der Waals surface area contributed by atoms with Crippen molar-refractivity contribution in [3.8, 4) is 0 Å². The van der Waals surface area contributed by atoms with Gasteiger partial charge in [0.25, 0.3) is 5.91 Å². The van der Waals surface area contributed by atoms with E-state index in [-0.39, 0.29) is 17.7 Å². The second-order valence-electron chi connectivity index (χ2n) is 6.58. The van der Waals surface area contributed by atoms with Crippen molar-refractivity contribution in [2.45, 2.75) is 45.1 Å². The molecule has 7 nitrogen and oxygen atoms in total. The van der Waals surface area contributed by atoms with Crippen LogP contribution in [0.25, 0.3) is 0 Å². The number of furan rings is 1. The van der Waals surface area contributed by atoms with E-state index in [1.54, 1.807) is 12.4 Å². The van der Waals surface area contributed by atoms with Gasteiger partial charge >= 0.3 is 0 Å². The molecule has 1 saturated carbocycles. The Morgan fingerprint density at radius 3 is 2.92 bits per heavy atom. The number of hydrogen-bond donors (Lipinski definition) is 2. The predicted octanol–water partition coefficient (Wildman–Crippen LogP) is 1.56. The van der Waals surface area contributed by atoms with Gasteiger partial charge in [0.2, 0.25) is 0 Å². The summed E-state index contributed by atoms with van der Waals surface area (Å²) in [7, 11) is 1.90. The van der Waals surface area contributed by atoms with Crippen LogP contribution < -0.4 is 5.32 Å². The van der Waals surface area contributed by atoms with Crippen molar-refractivity contribution in [1.29, 1.82) is 0 Å². The number of aliphatic hydroxyl groups excluding tert-OH is 1. The molecule has 2 aromatic rings. The molecule has 0 saturated heterocycles. The Labute approximate surface area is 141 Å². The second-order valence-corrected chi connectivity index (χ2v) is 6.58. The zero-order chi connectivity index (χ0) is 17.3. The molecule has 3 atom stereocenters. The Kier molecular flexibility index (Phi) is 4.71. The van der Waals surface area contributed by atoms with Crippen LogP contribution in [0.5, 0.6) is 0 Å². The van der Waals surface area contributed by atoms with Crippen LogP contribution in [0.3, 0.4) is 0 Å². The molecule has 0 radical (unpaired) electrons. The number of nitrogens with one attached hydrogen (secondary N) is 1. The van der Waals surface area contributed by atoms with Crippen LogP contribution in [0.2, 0.25) is 0 Å². The molecule has 1 fully saturated rings. The molecule has 0 aromatic carbocycles. The number of carbonyl (C=O) groups excluding carboxylic acids is 1. The number of aromatic nitrogens is 3. The normalized spacial score (nSPS) is 23.6. The van der Waals surface area contributed by atoms with E-state index in [1.165, 1.54) is 0 Å². The number of carbonyl (C=O) groups is 1. The van der Waals surface area contributed by atoms with E-state index in [9.17, 15) is 9.90 Å². The molecular weight excluding hydrogens is 308 g/mol. The minimum Gasteiger partial charge on any atom is -0.456 e. The lowest BCUT2D eigenvalue weighted by Crippen LogP contribution is -2.32. The molecule has 0 bridgehead atoms. The molecule has 24 heavy (non-hydrogen) atoms. The number of amides is 1. The lowest BCUT2D eigenvalue weighted by molar-refractivity contribution is 0.0888. The van der Waals surface area contributed by atoms with E-state index in [1.807, 2.05) is 25.5 Å². The molecule has 2 aromatic heterocycles. The Hall–Kier alpha value is -2.15. The minimum absolute atomic E-state index is 0.0114. The molecular formula is C17H24N4O3. The van der Waals surface area contributed by atoms with Gasteiger partial charge in [0.15, 0.2) is 5.76 Å². The summed E-state index contributed by atoms with van der Waals surface area (Å²) in [6, 6.07) is 1.77. The fourth-order valence-electron chi connectivity index (χ4n) is 3.49. The topological polar surface area (TPSA) is 93.2 Å². The molecule has 2 heterocycles. The Bertz CT molecular complexity index is 721. The lowest BCUT2D eigenvalue weighted by atomic mass is 10.0. The van der Waals surface area contributed by atoms with Gasteiger partial charge in [-0.1, -0.05) is 6.92 Å². The lowest BCUT2D eigenvalue weighted by Gasteiger charge is -2.14. The van der Waals surface area contributed by atoms with E-state index in [0.717, 1.165) is 30.0 Å². The molecule has 2 N–H and O–H groups in total. The van der Waals surface area contributed by atoms with E-state index in [4.69, 9.17) is 4.42 Å². The van der Waals surface area contributed by atoms with Crippen molar-refractivity contribution in [3.05, 3.63) is 35.3 Å². The van der Waals surface area contributed by atoms with E-state index in [0.29, 0.717) is 18.7 Å². The number of aliphatic hydroxyl groups is 1. The zero-order valence-electron chi connectivity index (χ0n) is 14.3. The van der Waals surface area contributed by atoms with E-state index >= 15 is 0 Å². The van der Waals surface area contributed by atoms with E-state index in [2.05, 4.69) is 15.5 Å². The maximum Gasteiger partial charge on any atom is 0.287 e. The summed E-state index contributed by atoms with van der Waals surface area (Å²) < 4.78 is 7.45. The Morgan fingerprint density at radius 1 is 1.50 bits per heavy atom. The summed E-state index contributed by atoms with van der Waals surface area (Å²) in [5.74, 6) is 2.01. The first-order valence-corrected chi connectivity index (χ1v) is 8.39. The molecule has 1 aliphatic carbocycles. The van der Waals surface area contributed by atoms with Crippen LogP contribution in [0.1, 0.15) is 53.4 Å². The summed E-state index contributed by atoms with van der Waals surface area (Å²) in [6.07, 6.45) is 3.41. The number of hydrogen-bond acceptors (Lipinski definition) is 5. The van der Waals surface area contributed by atoms with Gasteiger partial charge in [-0.05, 0) is 31.4 Å². The smallest absolute Gasteiger partial charge is 0.287 e. The van der Waals surface area contributed by atoms with Gasteiger partial charge in [0.1, 0.15) is 17.9 Å². The first kappa shape index (κ1) is 16.7. The maximum absolute atomic E-state index is 12.2. The van der Waals surface area contributed by atoms with Gasteiger partial charge < -0.3 is 19.4 Å². The summed E-state index contributed by atoms with van der Waals surface area (Å²) in [5.41, 5.74) is 0.992. The van der Waals surface area contributed by atoms with Crippen LogP contribution >= 0.6 is 0 Å². The molecule has 0 aliphatic heterocycles. The standard InChI is InChI=1S/C17H24N4O3/c1-4-14-10(2)5-15(24-14)17(23)18-8-12-6-11(7-13(12)22)16-20-19-9-21(16)3/h5,9,11-13,22H,4,6-8H2,1-3H3,(H,18,23)/t11-,12+,13+/m0/s1. The number of aryl methyl sites for hydroxylation is 3. The summed E-state index contributed by atoms with van der Waals surface area (Å²) in [4.78, 5) is 12.2. The molecule has 130 valence electrons. The Balaban J connectivity index is 1.58. The highest BCUT2D eigenvalue weighted by Gasteiger charge is 2.36. The average Bonchev–Trinajstić information content (AvgIpc) is 3.23. The first-order valence-electron chi connectivity index (χ1n) is 8.39. The summed E-state index contributed by atoms with van der Waals surface area (Å²) in [6.45, 7) is 4.36. The SMILES string of the molecule is CCc1oc(C(=O)NC[C@H]2C[C@H](c3nncn3C)C[C@H]2O)cc1C. The highest BCUT2D eigenvalue weighted by molar-refractivity contribution is 5.91. The van der Waals surface area contributed by atoms with Gasteiger partial charge in [-0.2, -0.15) is 0 Å². The summed E-state index contributed by atoms with van der Waals surface area (Å²) in [5, 5.41) is 21.2. The van der Waals surface area contributed by atoms with Crippen molar-refractivity contribution in [2.75, 3.05) is 6.54 Å². The third-order valence-electron chi connectivity index (χ3n) is 4.86. The summed E-state index contributed by atoms with van der Waals surface area (Å²) >= 11 is 0. The third-order valence-corrected chi connectivity index (χ3v) is 4.86. The van der Waals surface area contributed by atoms with Crippen molar-refractivity contribution in [2.24, 2.45) is 13.0 Å². The molecule has 0 spiro atoms. The van der Waals surface area contributed by atoms with Gasteiger partial charge in [-0.25, -0.2) is 0 Å².